The number of carbonyl (C=O) groups is 1. The molecule has 156 valence electrons. The first-order valence-corrected chi connectivity index (χ1v) is 10.7. The monoisotopic (exact) mass is 420 g/mol. The fourth-order valence-electron chi connectivity index (χ4n) is 4.11. The molecule has 0 aliphatic heterocycles. The number of anilines is 1. The zero-order valence-electron chi connectivity index (χ0n) is 17.5. The molecule has 32 heavy (non-hydrogen) atoms. The highest BCUT2D eigenvalue weighted by molar-refractivity contribution is 6.14. The van der Waals surface area contributed by atoms with Gasteiger partial charge in [0, 0.05) is 29.4 Å². The molecule has 1 aliphatic rings. The Kier molecular flexibility index (Phi) is 4.21. The summed E-state index contributed by atoms with van der Waals surface area (Å²) in [7, 11) is 0. The van der Waals surface area contributed by atoms with E-state index >= 15 is 0 Å². The maximum Gasteiger partial charge on any atom is 0.256 e. The predicted octanol–water partition coefficient (Wildman–Crippen LogP) is 4.80. The van der Waals surface area contributed by atoms with Gasteiger partial charge in [0.05, 0.1) is 27.8 Å². The number of fused-ring (bicyclic) bond motifs is 2. The van der Waals surface area contributed by atoms with Crippen molar-refractivity contribution in [1.82, 2.24) is 24.7 Å². The van der Waals surface area contributed by atoms with Gasteiger partial charge < -0.3 is 5.32 Å². The van der Waals surface area contributed by atoms with E-state index in [1.165, 1.54) is 0 Å². The fourth-order valence-corrected chi connectivity index (χ4v) is 4.11. The zero-order valence-corrected chi connectivity index (χ0v) is 17.5. The Morgan fingerprint density at radius 1 is 1.03 bits per heavy atom. The van der Waals surface area contributed by atoms with Crippen LogP contribution in [0.4, 0.5) is 5.69 Å². The third-order valence-electron chi connectivity index (χ3n) is 5.82. The molecule has 0 radical (unpaired) electrons. The van der Waals surface area contributed by atoms with Crippen molar-refractivity contribution < 1.29 is 4.79 Å². The van der Waals surface area contributed by atoms with Crippen LogP contribution < -0.4 is 5.32 Å². The quantitative estimate of drug-likeness (QED) is 0.451. The van der Waals surface area contributed by atoms with Crippen molar-refractivity contribution in [1.29, 1.82) is 0 Å². The van der Waals surface area contributed by atoms with Crippen LogP contribution >= 0.6 is 0 Å². The summed E-state index contributed by atoms with van der Waals surface area (Å²) < 4.78 is 1.73. The maximum absolute atomic E-state index is 13.5. The van der Waals surface area contributed by atoms with Gasteiger partial charge in [-0.25, -0.2) is 9.97 Å². The van der Waals surface area contributed by atoms with Crippen LogP contribution in [0.3, 0.4) is 0 Å². The topological polar surface area (TPSA) is 85.6 Å². The molecule has 0 bridgehead atoms. The van der Waals surface area contributed by atoms with Gasteiger partial charge in [-0.15, -0.1) is 0 Å². The summed E-state index contributed by atoms with van der Waals surface area (Å²) in [4.78, 5) is 27.3. The average Bonchev–Trinajstić information content (AvgIpc) is 3.63. The van der Waals surface area contributed by atoms with E-state index in [4.69, 9.17) is 4.98 Å². The van der Waals surface area contributed by atoms with Crippen molar-refractivity contribution in [2.45, 2.75) is 25.7 Å². The minimum atomic E-state index is -0.193. The van der Waals surface area contributed by atoms with Gasteiger partial charge in [0.1, 0.15) is 0 Å². The van der Waals surface area contributed by atoms with Gasteiger partial charge in [0.25, 0.3) is 5.91 Å². The lowest BCUT2D eigenvalue weighted by Crippen LogP contribution is -2.14. The number of aryl methyl sites for hydroxylation is 1. The molecule has 0 saturated heterocycles. The summed E-state index contributed by atoms with van der Waals surface area (Å²) in [5, 5.41) is 9.47. The van der Waals surface area contributed by atoms with Crippen LogP contribution in [0.15, 0.2) is 67.0 Å². The maximum atomic E-state index is 13.5. The molecule has 5 aromatic rings. The number of hydrogen-bond acceptors (Lipinski definition) is 5. The van der Waals surface area contributed by atoms with Crippen molar-refractivity contribution in [2.24, 2.45) is 0 Å². The third kappa shape index (κ3) is 3.10. The van der Waals surface area contributed by atoms with Crippen LogP contribution in [0.5, 0.6) is 0 Å². The number of para-hydroxylation sites is 1. The van der Waals surface area contributed by atoms with E-state index in [1.54, 1.807) is 17.1 Å². The molecule has 1 saturated carbocycles. The molecule has 1 aromatic carbocycles. The Bertz CT molecular complexity index is 1480. The zero-order chi connectivity index (χ0) is 21.7. The SMILES string of the molecule is Cc1nn(-c2ccccn2)c2nc(C3CC3)cc(C(=O)Nc3cccc4cccnc34)c12. The Morgan fingerprint density at radius 3 is 2.69 bits per heavy atom. The molecule has 4 aromatic heterocycles. The van der Waals surface area contributed by atoms with Crippen molar-refractivity contribution >= 4 is 33.5 Å². The first kappa shape index (κ1) is 18.6. The lowest BCUT2D eigenvalue weighted by atomic mass is 10.1. The second-order valence-electron chi connectivity index (χ2n) is 8.09. The van der Waals surface area contributed by atoms with E-state index in [-0.39, 0.29) is 5.91 Å². The average molecular weight is 420 g/mol. The predicted molar refractivity (Wildman–Crippen MR) is 123 cm³/mol. The number of hydrogen-bond donors (Lipinski definition) is 1. The lowest BCUT2D eigenvalue weighted by Gasteiger charge is -2.11. The van der Waals surface area contributed by atoms with E-state index in [0.29, 0.717) is 28.6 Å². The molecule has 0 unspecified atom stereocenters. The standard InChI is InChI=1S/C25H20N6O/c1-15-22-18(25(32)29-19-8-4-6-17-7-5-13-27-23(17)19)14-20(16-10-11-16)28-24(22)31(30-15)21-9-2-3-12-26-21/h2-9,12-14,16H,10-11H2,1H3,(H,29,32). The summed E-state index contributed by atoms with van der Waals surface area (Å²) >= 11 is 0. The lowest BCUT2D eigenvalue weighted by molar-refractivity contribution is 0.102. The van der Waals surface area contributed by atoms with Gasteiger partial charge in [-0.3, -0.25) is 9.78 Å². The van der Waals surface area contributed by atoms with Crippen LogP contribution in [0.1, 0.15) is 40.5 Å². The van der Waals surface area contributed by atoms with Crippen molar-refractivity contribution in [3.05, 3.63) is 83.9 Å². The van der Waals surface area contributed by atoms with E-state index in [2.05, 4.69) is 20.4 Å². The normalized spacial score (nSPS) is 13.5. The van der Waals surface area contributed by atoms with Crippen LogP contribution in [0, 0.1) is 6.92 Å². The van der Waals surface area contributed by atoms with Gasteiger partial charge in [-0.2, -0.15) is 9.78 Å². The molecular weight excluding hydrogens is 400 g/mol. The van der Waals surface area contributed by atoms with E-state index in [0.717, 1.165) is 40.5 Å². The molecule has 7 nitrogen and oxygen atoms in total. The van der Waals surface area contributed by atoms with Gasteiger partial charge in [0.15, 0.2) is 11.5 Å². The van der Waals surface area contributed by atoms with Gasteiger partial charge in [-0.05, 0) is 50.1 Å². The van der Waals surface area contributed by atoms with E-state index in [9.17, 15) is 4.79 Å². The highest BCUT2D eigenvalue weighted by Crippen LogP contribution is 2.40. The number of benzene rings is 1. The Balaban J connectivity index is 1.51. The van der Waals surface area contributed by atoms with Crippen LogP contribution in [-0.4, -0.2) is 30.6 Å². The minimum absolute atomic E-state index is 0.193. The number of pyridine rings is 3. The molecule has 6 rings (SSSR count). The molecule has 0 spiro atoms. The second-order valence-corrected chi connectivity index (χ2v) is 8.09. The van der Waals surface area contributed by atoms with Gasteiger partial charge >= 0.3 is 0 Å². The van der Waals surface area contributed by atoms with Crippen molar-refractivity contribution in [3.63, 3.8) is 0 Å². The first-order chi connectivity index (χ1) is 15.7. The number of amides is 1. The first-order valence-electron chi connectivity index (χ1n) is 10.7. The summed E-state index contributed by atoms with van der Waals surface area (Å²) in [6, 6.07) is 17.2. The van der Waals surface area contributed by atoms with Gasteiger partial charge in [0.2, 0.25) is 0 Å². The molecule has 1 aliphatic carbocycles. The summed E-state index contributed by atoms with van der Waals surface area (Å²) in [6.07, 6.45) is 5.63. The van der Waals surface area contributed by atoms with Crippen LogP contribution in [0.2, 0.25) is 0 Å². The Morgan fingerprint density at radius 2 is 1.88 bits per heavy atom. The fraction of sp³-hybridized carbons (Fsp3) is 0.160. The van der Waals surface area contributed by atoms with Gasteiger partial charge in [-0.1, -0.05) is 24.3 Å². The molecule has 1 N–H and O–H groups in total. The second kappa shape index (κ2) is 7.23. The van der Waals surface area contributed by atoms with Crippen molar-refractivity contribution in [2.75, 3.05) is 5.32 Å². The van der Waals surface area contributed by atoms with Crippen molar-refractivity contribution in [3.8, 4) is 5.82 Å². The number of rotatable bonds is 4. The highest BCUT2D eigenvalue weighted by Gasteiger charge is 2.29. The number of carbonyl (C=O) groups excluding carboxylic acids is 1. The summed E-state index contributed by atoms with van der Waals surface area (Å²) in [5.74, 6) is 0.870. The molecule has 1 amide bonds. The smallest absolute Gasteiger partial charge is 0.256 e. The summed E-state index contributed by atoms with van der Waals surface area (Å²) in [6.45, 7) is 1.90. The molecule has 4 heterocycles. The third-order valence-corrected chi connectivity index (χ3v) is 5.82. The van der Waals surface area contributed by atoms with Crippen LogP contribution in [0.25, 0.3) is 27.8 Å². The molecule has 0 atom stereocenters. The summed E-state index contributed by atoms with van der Waals surface area (Å²) in [5.41, 5.74) is 4.34. The Labute approximate surface area is 184 Å². The molecule has 1 fully saturated rings. The minimum Gasteiger partial charge on any atom is -0.320 e. The van der Waals surface area contributed by atoms with E-state index < -0.39 is 0 Å². The highest BCUT2D eigenvalue weighted by atomic mass is 16.1. The molecule has 7 heteroatoms. The Hall–Kier alpha value is -4.13. The van der Waals surface area contributed by atoms with E-state index in [1.807, 2.05) is 61.5 Å². The molecular formula is C25H20N6O. The van der Waals surface area contributed by atoms with Crippen LogP contribution in [-0.2, 0) is 0 Å². The number of nitrogens with one attached hydrogen (secondary N) is 1. The largest absolute Gasteiger partial charge is 0.320 e. The number of nitrogens with zero attached hydrogens (tertiary/aromatic N) is 5. The number of aromatic nitrogens is 5.